The second-order valence-electron chi connectivity index (χ2n) is 7.68. The van der Waals surface area contributed by atoms with Gasteiger partial charge in [-0.2, -0.15) is 4.98 Å². The van der Waals surface area contributed by atoms with Gasteiger partial charge in [-0.05, 0) is 43.4 Å². The molecule has 1 aliphatic carbocycles. The number of hydrogen-bond acceptors (Lipinski definition) is 4. The molecule has 1 fully saturated rings. The Labute approximate surface area is 160 Å². The number of fused-ring (bicyclic) bond motifs is 1. The predicted octanol–water partition coefficient (Wildman–Crippen LogP) is 3.94. The van der Waals surface area contributed by atoms with E-state index in [0.29, 0.717) is 25.0 Å². The topological polar surface area (TPSA) is 53.3 Å². The maximum Gasteiger partial charge on any atom is 0.276 e. The minimum Gasteiger partial charge on any atom is -0.493 e. The van der Waals surface area contributed by atoms with Crippen LogP contribution in [-0.4, -0.2) is 22.8 Å². The molecule has 0 saturated heterocycles. The van der Waals surface area contributed by atoms with Crippen molar-refractivity contribution in [2.45, 2.75) is 57.9 Å². The molecule has 5 heteroatoms. The molecular formula is C22H28N2O3. The minimum absolute atomic E-state index is 0.232. The van der Waals surface area contributed by atoms with E-state index in [1.165, 1.54) is 43.7 Å². The van der Waals surface area contributed by atoms with Crippen LogP contribution in [0.1, 0.15) is 56.3 Å². The quantitative estimate of drug-likeness (QED) is 0.775. The Bertz CT molecular complexity index is 822. The highest BCUT2D eigenvalue weighted by molar-refractivity contribution is 5.29. The molecule has 1 aromatic heterocycles. The van der Waals surface area contributed by atoms with Gasteiger partial charge in [-0.15, -0.1) is 0 Å². The van der Waals surface area contributed by atoms with E-state index in [9.17, 15) is 4.79 Å². The average molecular weight is 368 g/mol. The van der Waals surface area contributed by atoms with Gasteiger partial charge in [0, 0.05) is 18.9 Å². The SMILES string of the molecule is CCOc1cc(=O)nc2n1C[C@@H](COc1ccc(C3CCCCC3)cc1)C2. The fourth-order valence-electron chi connectivity index (χ4n) is 4.33. The first-order chi connectivity index (χ1) is 13.2. The number of nitrogens with zero attached hydrogens (tertiary/aromatic N) is 2. The Kier molecular flexibility index (Phi) is 5.46. The van der Waals surface area contributed by atoms with Gasteiger partial charge in [0.2, 0.25) is 0 Å². The summed E-state index contributed by atoms with van der Waals surface area (Å²) in [5.74, 6) is 3.35. The monoisotopic (exact) mass is 368 g/mol. The summed E-state index contributed by atoms with van der Waals surface area (Å²) in [5, 5.41) is 0. The summed E-state index contributed by atoms with van der Waals surface area (Å²) in [6.07, 6.45) is 7.46. The number of benzene rings is 1. The van der Waals surface area contributed by atoms with Gasteiger partial charge >= 0.3 is 0 Å². The van der Waals surface area contributed by atoms with Crippen LogP contribution < -0.4 is 15.0 Å². The molecule has 5 nitrogen and oxygen atoms in total. The van der Waals surface area contributed by atoms with Crippen LogP contribution >= 0.6 is 0 Å². The molecule has 27 heavy (non-hydrogen) atoms. The van der Waals surface area contributed by atoms with Crippen molar-refractivity contribution in [3.63, 3.8) is 0 Å². The Morgan fingerprint density at radius 1 is 1.11 bits per heavy atom. The van der Waals surface area contributed by atoms with Crippen molar-refractivity contribution in [1.29, 1.82) is 0 Å². The first-order valence-corrected chi connectivity index (χ1v) is 10.2. The maximum atomic E-state index is 11.7. The van der Waals surface area contributed by atoms with Crippen LogP contribution in [0, 0.1) is 5.92 Å². The van der Waals surface area contributed by atoms with Crippen LogP contribution in [0.15, 0.2) is 35.1 Å². The van der Waals surface area contributed by atoms with Crippen LogP contribution in [0.25, 0.3) is 0 Å². The standard InChI is InChI=1S/C22H28N2O3/c1-2-26-22-13-21(25)23-20-12-16(14-24(20)22)15-27-19-10-8-18(9-11-19)17-6-4-3-5-7-17/h8-11,13,16-17H,2-7,12,14-15H2,1H3/t16-/m0/s1. The summed E-state index contributed by atoms with van der Waals surface area (Å²) in [7, 11) is 0. The molecule has 4 rings (SSSR count). The summed E-state index contributed by atoms with van der Waals surface area (Å²) < 4.78 is 13.6. The van der Waals surface area contributed by atoms with Crippen molar-refractivity contribution in [1.82, 2.24) is 9.55 Å². The first kappa shape index (κ1) is 18.1. The minimum atomic E-state index is -0.232. The van der Waals surface area contributed by atoms with Crippen molar-refractivity contribution in [2.75, 3.05) is 13.2 Å². The normalized spacial score (nSPS) is 19.7. The van der Waals surface area contributed by atoms with Gasteiger partial charge in [-0.1, -0.05) is 31.4 Å². The van der Waals surface area contributed by atoms with E-state index in [-0.39, 0.29) is 5.56 Å². The third kappa shape index (κ3) is 4.18. The Balaban J connectivity index is 1.35. The van der Waals surface area contributed by atoms with E-state index in [4.69, 9.17) is 9.47 Å². The number of aromatic nitrogens is 2. The molecule has 2 heterocycles. The van der Waals surface area contributed by atoms with Gasteiger partial charge in [0.15, 0.2) is 5.88 Å². The maximum absolute atomic E-state index is 11.7. The lowest BCUT2D eigenvalue weighted by atomic mass is 9.84. The lowest BCUT2D eigenvalue weighted by molar-refractivity contribution is 0.240. The van der Waals surface area contributed by atoms with Gasteiger partial charge in [0.1, 0.15) is 11.6 Å². The van der Waals surface area contributed by atoms with E-state index in [0.717, 1.165) is 30.5 Å². The summed E-state index contributed by atoms with van der Waals surface area (Å²) in [4.78, 5) is 15.9. The van der Waals surface area contributed by atoms with Gasteiger partial charge in [0.05, 0.1) is 19.3 Å². The van der Waals surface area contributed by atoms with Crippen LogP contribution in [0.3, 0.4) is 0 Å². The number of hydrogen-bond donors (Lipinski definition) is 0. The molecule has 144 valence electrons. The van der Waals surface area contributed by atoms with Gasteiger partial charge in [-0.3, -0.25) is 9.36 Å². The van der Waals surface area contributed by atoms with Crippen LogP contribution in [0.2, 0.25) is 0 Å². The Hall–Kier alpha value is -2.30. The van der Waals surface area contributed by atoms with Crippen molar-refractivity contribution in [3.05, 3.63) is 52.1 Å². The summed E-state index contributed by atoms with van der Waals surface area (Å²) in [5.41, 5.74) is 1.21. The van der Waals surface area contributed by atoms with E-state index in [1.54, 1.807) is 0 Å². The zero-order valence-corrected chi connectivity index (χ0v) is 16.0. The third-order valence-electron chi connectivity index (χ3n) is 5.71. The molecule has 2 aliphatic rings. The summed E-state index contributed by atoms with van der Waals surface area (Å²) >= 11 is 0. The van der Waals surface area contributed by atoms with E-state index < -0.39 is 0 Å². The van der Waals surface area contributed by atoms with Gasteiger partial charge < -0.3 is 9.47 Å². The van der Waals surface area contributed by atoms with Crippen molar-refractivity contribution >= 4 is 0 Å². The predicted molar refractivity (Wildman–Crippen MR) is 105 cm³/mol. The average Bonchev–Trinajstić information content (AvgIpc) is 3.11. The molecule has 1 aliphatic heterocycles. The van der Waals surface area contributed by atoms with Crippen molar-refractivity contribution in [2.24, 2.45) is 5.92 Å². The second-order valence-corrected chi connectivity index (χ2v) is 7.68. The summed E-state index contributed by atoms with van der Waals surface area (Å²) in [6, 6.07) is 10.1. The number of rotatable bonds is 6. The van der Waals surface area contributed by atoms with Crippen LogP contribution in [0.5, 0.6) is 11.6 Å². The second kappa shape index (κ2) is 8.15. The highest BCUT2D eigenvalue weighted by Gasteiger charge is 2.25. The fourth-order valence-corrected chi connectivity index (χ4v) is 4.33. The highest BCUT2D eigenvalue weighted by atomic mass is 16.5. The molecule has 0 unspecified atom stereocenters. The molecule has 0 radical (unpaired) electrons. The fraction of sp³-hybridized carbons (Fsp3) is 0.545. The number of ether oxygens (including phenoxy) is 2. The van der Waals surface area contributed by atoms with Crippen molar-refractivity contribution in [3.8, 4) is 11.6 Å². The van der Waals surface area contributed by atoms with Crippen LogP contribution in [0.4, 0.5) is 0 Å². The van der Waals surface area contributed by atoms with E-state index in [2.05, 4.69) is 29.2 Å². The molecule has 0 amide bonds. The third-order valence-corrected chi connectivity index (χ3v) is 5.71. The highest BCUT2D eigenvalue weighted by Crippen LogP contribution is 2.33. The molecule has 0 bridgehead atoms. The smallest absolute Gasteiger partial charge is 0.276 e. The van der Waals surface area contributed by atoms with Gasteiger partial charge in [0.25, 0.3) is 5.56 Å². The molecule has 1 aromatic carbocycles. The van der Waals surface area contributed by atoms with Crippen molar-refractivity contribution < 1.29 is 9.47 Å². The van der Waals surface area contributed by atoms with Crippen LogP contribution in [-0.2, 0) is 13.0 Å². The molecule has 0 N–H and O–H groups in total. The first-order valence-electron chi connectivity index (χ1n) is 10.2. The van der Waals surface area contributed by atoms with E-state index in [1.807, 2.05) is 11.5 Å². The Morgan fingerprint density at radius 3 is 2.63 bits per heavy atom. The lowest BCUT2D eigenvalue weighted by Crippen LogP contribution is -2.16. The van der Waals surface area contributed by atoms with E-state index >= 15 is 0 Å². The zero-order valence-electron chi connectivity index (χ0n) is 16.0. The molecular weight excluding hydrogens is 340 g/mol. The molecule has 0 spiro atoms. The molecule has 1 saturated carbocycles. The summed E-state index contributed by atoms with van der Waals surface area (Å²) in [6.45, 7) is 3.85. The zero-order chi connectivity index (χ0) is 18.6. The lowest BCUT2D eigenvalue weighted by Gasteiger charge is -2.22. The Morgan fingerprint density at radius 2 is 1.89 bits per heavy atom. The molecule has 2 aromatic rings. The molecule has 1 atom stereocenters. The van der Waals surface area contributed by atoms with Gasteiger partial charge in [-0.25, -0.2) is 0 Å². The largest absolute Gasteiger partial charge is 0.493 e.